The van der Waals surface area contributed by atoms with Crippen LogP contribution in [0.5, 0.6) is 0 Å². The van der Waals surface area contributed by atoms with Gasteiger partial charge in [-0.25, -0.2) is 18.1 Å². The van der Waals surface area contributed by atoms with Crippen molar-refractivity contribution >= 4 is 37.7 Å². The Hall–Kier alpha value is -2.87. The van der Waals surface area contributed by atoms with Gasteiger partial charge in [-0.1, -0.05) is 0 Å². The maximum absolute atomic E-state index is 12.4. The lowest BCUT2D eigenvalue weighted by atomic mass is 10.2. The number of rotatable bonds is 7. The van der Waals surface area contributed by atoms with E-state index in [0.717, 1.165) is 6.07 Å². The molecular formula is C20H24N6O5S2. The first kappa shape index (κ1) is 23.3. The zero-order valence-electron chi connectivity index (χ0n) is 18.2. The van der Waals surface area contributed by atoms with Crippen LogP contribution in [0.2, 0.25) is 0 Å². The SMILES string of the molecule is CC(C)NS(=O)(=O)c1ccc(N2CCN(Cc3cc(=O)n4ccsc4n3)CC2)c([N+](=O)[O-])c1. The lowest BCUT2D eigenvalue weighted by Gasteiger charge is -2.35. The Labute approximate surface area is 194 Å². The van der Waals surface area contributed by atoms with E-state index < -0.39 is 14.9 Å². The van der Waals surface area contributed by atoms with Crippen LogP contribution in [0, 0.1) is 10.1 Å². The van der Waals surface area contributed by atoms with Gasteiger partial charge in [-0.2, -0.15) is 0 Å². The summed E-state index contributed by atoms with van der Waals surface area (Å²) in [7, 11) is -3.84. The molecule has 4 rings (SSSR count). The van der Waals surface area contributed by atoms with Crippen molar-refractivity contribution in [2.45, 2.75) is 31.3 Å². The zero-order valence-corrected chi connectivity index (χ0v) is 19.8. The molecule has 2 aromatic heterocycles. The van der Waals surface area contributed by atoms with Gasteiger partial charge in [-0.05, 0) is 26.0 Å². The summed E-state index contributed by atoms with van der Waals surface area (Å²) in [5.74, 6) is 0. The van der Waals surface area contributed by atoms with Crippen molar-refractivity contribution in [1.82, 2.24) is 19.0 Å². The summed E-state index contributed by atoms with van der Waals surface area (Å²) in [4.78, 5) is 32.4. The molecule has 1 aliphatic heterocycles. The van der Waals surface area contributed by atoms with E-state index >= 15 is 0 Å². The third kappa shape index (κ3) is 5.05. The molecular weight excluding hydrogens is 468 g/mol. The molecule has 0 atom stereocenters. The number of piperazine rings is 1. The maximum atomic E-state index is 12.4. The Kier molecular flexibility index (Phi) is 6.47. The number of hydrogen-bond acceptors (Lipinski definition) is 9. The first-order valence-corrected chi connectivity index (χ1v) is 12.7. The molecule has 0 spiro atoms. The number of nitrogens with one attached hydrogen (secondary N) is 1. The number of nitrogens with zero attached hydrogens (tertiary/aromatic N) is 5. The van der Waals surface area contributed by atoms with Crippen LogP contribution in [-0.4, -0.2) is 59.8 Å². The molecule has 0 amide bonds. The highest BCUT2D eigenvalue weighted by atomic mass is 32.2. The number of benzene rings is 1. The van der Waals surface area contributed by atoms with Gasteiger partial charge in [0.2, 0.25) is 10.0 Å². The quantitative estimate of drug-likeness (QED) is 0.389. The minimum absolute atomic E-state index is 0.118. The summed E-state index contributed by atoms with van der Waals surface area (Å²) in [6.07, 6.45) is 1.69. The van der Waals surface area contributed by atoms with Crippen LogP contribution in [0.15, 0.2) is 45.5 Å². The van der Waals surface area contributed by atoms with Gasteiger partial charge in [-0.3, -0.25) is 24.2 Å². The van der Waals surface area contributed by atoms with Gasteiger partial charge in [0.1, 0.15) is 5.69 Å². The molecule has 3 heterocycles. The molecule has 33 heavy (non-hydrogen) atoms. The van der Waals surface area contributed by atoms with Gasteiger partial charge in [0.25, 0.3) is 11.2 Å². The number of sulfonamides is 1. The van der Waals surface area contributed by atoms with E-state index in [1.54, 1.807) is 20.0 Å². The molecule has 3 aromatic rings. The lowest BCUT2D eigenvalue weighted by Crippen LogP contribution is -2.46. The van der Waals surface area contributed by atoms with Crippen molar-refractivity contribution in [3.05, 3.63) is 62.0 Å². The Bertz CT molecular complexity index is 1340. The average Bonchev–Trinajstić information content (AvgIpc) is 3.22. The second-order valence-corrected chi connectivity index (χ2v) is 10.7. The number of nitro groups is 1. The largest absolute Gasteiger partial charge is 0.363 e. The summed E-state index contributed by atoms with van der Waals surface area (Å²) < 4.78 is 28.8. The molecule has 1 aliphatic rings. The van der Waals surface area contributed by atoms with Crippen LogP contribution >= 0.6 is 11.3 Å². The number of aromatic nitrogens is 2. The summed E-state index contributed by atoms with van der Waals surface area (Å²) in [6.45, 7) is 6.18. The van der Waals surface area contributed by atoms with Crippen LogP contribution in [-0.2, 0) is 16.6 Å². The normalized spacial score (nSPS) is 15.4. The van der Waals surface area contributed by atoms with Crippen LogP contribution in [0.25, 0.3) is 4.96 Å². The number of fused-ring (bicyclic) bond motifs is 1. The lowest BCUT2D eigenvalue weighted by molar-refractivity contribution is -0.384. The summed E-state index contributed by atoms with van der Waals surface area (Å²) in [5.41, 5.74) is 0.717. The van der Waals surface area contributed by atoms with E-state index in [1.807, 2.05) is 10.3 Å². The second-order valence-electron chi connectivity index (χ2n) is 8.09. The molecule has 13 heteroatoms. The summed E-state index contributed by atoms with van der Waals surface area (Å²) in [6, 6.07) is 5.21. The van der Waals surface area contributed by atoms with Crippen LogP contribution < -0.4 is 15.2 Å². The van der Waals surface area contributed by atoms with Crippen LogP contribution in [0.3, 0.4) is 0 Å². The van der Waals surface area contributed by atoms with Gasteiger partial charge in [0, 0.05) is 62.5 Å². The molecule has 0 saturated carbocycles. The highest BCUT2D eigenvalue weighted by molar-refractivity contribution is 7.89. The highest BCUT2D eigenvalue weighted by Crippen LogP contribution is 2.31. The fourth-order valence-corrected chi connectivity index (χ4v) is 5.82. The Balaban J connectivity index is 1.48. The summed E-state index contributed by atoms with van der Waals surface area (Å²) >= 11 is 1.40. The van der Waals surface area contributed by atoms with Gasteiger partial charge < -0.3 is 4.90 Å². The van der Waals surface area contributed by atoms with Crippen molar-refractivity contribution in [2.75, 3.05) is 31.1 Å². The van der Waals surface area contributed by atoms with E-state index in [-0.39, 0.29) is 22.2 Å². The minimum atomic E-state index is -3.84. The molecule has 1 aromatic carbocycles. The van der Waals surface area contributed by atoms with E-state index in [9.17, 15) is 23.3 Å². The predicted molar refractivity (Wildman–Crippen MR) is 125 cm³/mol. The first-order chi connectivity index (χ1) is 15.6. The standard InChI is InChI=1S/C20H24N6O5S2/c1-14(2)22-33(30,31)16-3-4-17(18(12-16)26(28)29)24-7-5-23(6-8-24)13-15-11-19(27)25-9-10-32-20(25)21-15/h3-4,9-12,14,22H,5-8,13H2,1-2H3. The molecule has 0 bridgehead atoms. The second kappa shape index (κ2) is 9.17. The summed E-state index contributed by atoms with van der Waals surface area (Å²) in [5, 5.41) is 13.5. The fraction of sp³-hybridized carbons (Fsp3) is 0.400. The van der Waals surface area contributed by atoms with Crippen molar-refractivity contribution in [1.29, 1.82) is 0 Å². The van der Waals surface area contributed by atoms with Crippen LogP contribution in [0.1, 0.15) is 19.5 Å². The molecule has 0 radical (unpaired) electrons. The monoisotopic (exact) mass is 492 g/mol. The number of thiazole rings is 1. The Morgan fingerprint density at radius 1 is 1.21 bits per heavy atom. The van der Waals surface area contributed by atoms with E-state index in [4.69, 9.17) is 0 Å². The average molecular weight is 493 g/mol. The van der Waals surface area contributed by atoms with Gasteiger partial charge in [0.05, 0.1) is 15.5 Å². The van der Waals surface area contributed by atoms with Gasteiger partial charge in [-0.15, -0.1) is 11.3 Å². The van der Waals surface area contributed by atoms with E-state index in [0.29, 0.717) is 49.1 Å². The van der Waals surface area contributed by atoms with Gasteiger partial charge >= 0.3 is 0 Å². The number of hydrogen-bond donors (Lipinski definition) is 1. The number of nitro benzene ring substituents is 1. The molecule has 1 N–H and O–H groups in total. The van der Waals surface area contributed by atoms with E-state index in [1.165, 1.54) is 33.9 Å². The third-order valence-electron chi connectivity index (χ3n) is 5.30. The molecule has 1 saturated heterocycles. The minimum Gasteiger partial charge on any atom is -0.363 e. The molecule has 0 aliphatic carbocycles. The zero-order chi connectivity index (χ0) is 23.8. The highest BCUT2D eigenvalue weighted by Gasteiger charge is 2.27. The molecule has 1 fully saturated rings. The maximum Gasteiger partial charge on any atom is 0.293 e. The number of anilines is 1. The molecule has 11 nitrogen and oxygen atoms in total. The first-order valence-electron chi connectivity index (χ1n) is 10.4. The topological polar surface area (TPSA) is 130 Å². The fourth-order valence-electron chi connectivity index (χ4n) is 3.81. The molecule has 0 unspecified atom stereocenters. The van der Waals surface area contributed by atoms with Crippen molar-refractivity contribution in [2.24, 2.45) is 0 Å². The molecule has 176 valence electrons. The van der Waals surface area contributed by atoms with Gasteiger partial charge in [0.15, 0.2) is 4.96 Å². The van der Waals surface area contributed by atoms with Crippen LogP contribution in [0.4, 0.5) is 11.4 Å². The van der Waals surface area contributed by atoms with E-state index in [2.05, 4.69) is 14.6 Å². The van der Waals surface area contributed by atoms with Crippen molar-refractivity contribution in [3.8, 4) is 0 Å². The third-order valence-corrected chi connectivity index (χ3v) is 7.71. The Morgan fingerprint density at radius 3 is 2.61 bits per heavy atom. The Morgan fingerprint density at radius 2 is 1.94 bits per heavy atom. The smallest absolute Gasteiger partial charge is 0.293 e. The van der Waals surface area contributed by atoms with Crippen molar-refractivity contribution < 1.29 is 13.3 Å². The predicted octanol–water partition coefficient (Wildman–Crippen LogP) is 1.67. The van der Waals surface area contributed by atoms with Crippen molar-refractivity contribution in [3.63, 3.8) is 0 Å².